The molecule has 0 aromatic carbocycles. The van der Waals surface area contributed by atoms with Gasteiger partial charge in [0.15, 0.2) is 0 Å². The van der Waals surface area contributed by atoms with Gasteiger partial charge < -0.3 is 4.90 Å². The van der Waals surface area contributed by atoms with Gasteiger partial charge in [-0.15, -0.1) is 0 Å². The van der Waals surface area contributed by atoms with E-state index in [4.69, 9.17) is 0 Å². The maximum Gasteiger partial charge on any atom is 0.281 e. The summed E-state index contributed by atoms with van der Waals surface area (Å²) in [7, 11) is -0.276. The molecule has 7 heteroatoms. The van der Waals surface area contributed by atoms with Gasteiger partial charge in [-0.1, -0.05) is 0 Å². The van der Waals surface area contributed by atoms with Crippen LogP contribution in [0.25, 0.3) is 0 Å². The van der Waals surface area contributed by atoms with Crippen LogP contribution in [0.4, 0.5) is 0 Å². The van der Waals surface area contributed by atoms with Gasteiger partial charge in [-0.25, -0.2) is 0 Å². The molecule has 19 heavy (non-hydrogen) atoms. The SMILES string of the molecule is CCN1CC(CN(C)S(=O)(=O)N(C)C(C)C)CC1=O. The molecule has 1 rings (SSSR count). The second-order valence-corrected chi connectivity index (χ2v) is 7.50. The van der Waals surface area contributed by atoms with Crippen LogP contribution in [0.5, 0.6) is 0 Å². The summed E-state index contributed by atoms with van der Waals surface area (Å²) in [5.41, 5.74) is 0. The number of hydrogen-bond acceptors (Lipinski definition) is 3. The number of carbonyl (C=O) groups is 1. The molecule has 1 aliphatic rings. The highest BCUT2D eigenvalue weighted by Crippen LogP contribution is 2.20. The third-order valence-electron chi connectivity index (χ3n) is 3.68. The zero-order valence-corrected chi connectivity index (χ0v) is 13.3. The third-order valence-corrected chi connectivity index (χ3v) is 5.76. The molecule has 0 radical (unpaired) electrons. The zero-order chi connectivity index (χ0) is 14.8. The highest BCUT2D eigenvalue weighted by molar-refractivity contribution is 7.86. The van der Waals surface area contributed by atoms with Crippen LogP contribution in [0.15, 0.2) is 0 Å². The first-order valence-electron chi connectivity index (χ1n) is 6.67. The maximum absolute atomic E-state index is 12.2. The van der Waals surface area contributed by atoms with Crippen molar-refractivity contribution in [3.8, 4) is 0 Å². The molecule has 0 aromatic rings. The van der Waals surface area contributed by atoms with Crippen molar-refractivity contribution in [2.75, 3.05) is 33.7 Å². The van der Waals surface area contributed by atoms with Gasteiger partial charge in [0.2, 0.25) is 5.91 Å². The van der Waals surface area contributed by atoms with Crippen molar-refractivity contribution in [3.05, 3.63) is 0 Å². The standard InChI is InChI=1S/C12H25N3O3S/c1-6-15-9-11(7-12(15)16)8-13(4)19(17,18)14(5)10(2)3/h10-11H,6-9H2,1-5H3. The number of hydrogen-bond donors (Lipinski definition) is 0. The van der Waals surface area contributed by atoms with E-state index in [-0.39, 0.29) is 17.9 Å². The van der Waals surface area contributed by atoms with E-state index in [1.54, 1.807) is 19.0 Å². The lowest BCUT2D eigenvalue weighted by Gasteiger charge is -2.28. The normalized spacial score (nSPS) is 21.2. The number of nitrogens with zero attached hydrogens (tertiary/aromatic N) is 3. The Morgan fingerprint density at radius 1 is 1.37 bits per heavy atom. The van der Waals surface area contributed by atoms with E-state index in [9.17, 15) is 13.2 Å². The molecule has 0 aliphatic carbocycles. The second kappa shape index (κ2) is 6.19. The van der Waals surface area contributed by atoms with Crippen molar-refractivity contribution in [1.29, 1.82) is 0 Å². The van der Waals surface area contributed by atoms with E-state index in [0.29, 0.717) is 26.1 Å². The first-order valence-corrected chi connectivity index (χ1v) is 8.06. The summed E-state index contributed by atoms with van der Waals surface area (Å²) in [6, 6.07) is -0.0789. The lowest BCUT2D eigenvalue weighted by atomic mass is 10.1. The third kappa shape index (κ3) is 3.67. The highest BCUT2D eigenvalue weighted by Gasteiger charge is 2.33. The average molecular weight is 291 g/mol. The van der Waals surface area contributed by atoms with Crippen LogP contribution in [0, 0.1) is 5.92 Å². The minimum atomic E-state index is -3.43. The highest BCUT2D eigenvalue weighted by atomic mass is 32.2. The average Bonchev–Trinajstić information content (AvgIpc) is 2.68. The fraction of sp³-hybridized carbons (Fsp3) is 0.917. The molecule has 1 saturated heterocycles. The Morgan fingerprint density at radius 2 is 1.95 bits per heavy atom. The van der Waals surface area contributed by atoms with E-state index < -0.39 is 10.2 Å². The van der Waals surface area contributed by atoms with Crippen LogP contribution in [0.1, 0.15) is 27.2 Å². The number of likely N-dealkylation sites (tertiary alicyclic amines) is 1. The molecule has 1 fully saturated rings. The molecule has 0 bridgehead atoms. The van der Waals surface area contributed by atoms with Gasteiger partial charge >= 0.3 is 0 Å². The van der Waals surface area contributed by atoms with Gasteiger partial charge in [0.1, 0.15) is 0 Å². The Labute approximate surface area is 116 Å². The Balaban J connectivity index is 2.66. The van der Waals surface area contributed by atoms with Gasteiger partial charge in [-0.05, 0) is 26.7 Å². The van der Waals surface area contributed by atoms with E-state index in [0.717, 1.165) is 0 Å². The summed E-state index contributed by atoms with van der Waals surface area (Å²) in [4.78, 5) is 13.4. The van der Waals surface area contributed by atoms with E-state index in [1.165, 1.54) is 8.61 Å². The molecule has 6 nitrogen and oxygen atoms in total. The molecule has 0 saturated carbocycles. The quantitative estimate of drug-likeness (QED) is 0.710. The number of rotatable bonds is 6. The molecule has 1 atom stereocenters. The van der Waals surface area contributed by atoms with Crippen LogP contribution in [-0.2, 0) is 15.0 Å². The lowest BCUT2D eigenvalue weighted by molar-refractivity contribution is -0.127. The molecule has 112 valence electrons. The van der Waals surface area contributed by atoms with E-state index in [2.05, 4.69) is 0 Å². The lowest BCUT2D eigenvalue weighted by Crippen LogP contribution is -2.44. The van der Waals surface area contributed by atoms with Crippen LogP contribution in [-0.4, -0.2) is 67.6 Å². The first-order chi connectivity index (χ1) is 8.70. The predicted octanol–water partition coefficient (Wildman–Crippen LogP) is 0.372. The van der Waals surface area contributed by atoms with Crippen molar-refractivity contribution < 1.29 is 13.2 Å². The minimum Gasteiger partial charge on any atom is -0.343 e. The Hall–Kier alpha value is -0.660. The summed E-state index contributed by atoms with van der Waals surface area (Å²) in [5, 5.41) is 0. The van der Waals surface area contributed by atoms with Crippen LogP contribution >= 0.6 is 0 Å². The van der Waals surface area contributed by atoms with Crippen LogP contribution in [0.2, 0.25) is 0 Å². The summed E-state index contributed by atoms with van der Waals surface area (Å²) < 4.78 is 27.2. The van der Waals surface area contributed by atoms with E-state index >= 15 is 0 Å². The topological polar surface area (TPSA) is 60.9 Å². The minimum absolute atomic E-state index is 0.0789. The number of amides is 1. The maximum atomic E-state index is 12.2. The largest absolute Gasteiger partial charge is 0.343 e. The predicted molar refractivity (Wildman–Crippen MR) is 74.8 cm³/mol. The Morgan fingerprint density at radius 3 is 2.37 bits per heavy atom. The summed E-state index contributed by atoms with van der Waals surface area (Å²) in [6.45, 7) is 7.35. The van der Waals surface area contributed by atoms with Gasteiger partial charge in [0.25, 0.3) is 10.2 Å². The fourth-order valence-corrected chi connectivity index (χ4v) is 3.60. The van der Waals surface area contributed by atoms with Gasteiger partial charge in [-0.2, -0.15) is 17.0 Å². The van der Waals surface area contributed by atoms with Gasteiger partial charge in [0.05, 0.1) is 0 Å². The Bertz CT molecular complexity index is 422. The van der Waals surface area contributed by atoms with Crippen LogP contribution in [0.3, 0.4) is 0 Å². The monoisotopic (exact) mass is 291 g/mol. The molecule has 1 heterocycles. The fourth-order valence-electron chi connectivity index (χ4n) is 2.23. The first kappa shape index (κ1) is 16.4. The molecular formula is C12H25N3O3S. The van der Waals surface area contributed by atoms with Gasteiger partial charge in [-0.3, -0.25) is 4.79 Å². The van der Waals surface area contributed by atoms with Crippen molar-refractivity contribution >= 4 is 16.1 Å². The smallest absolute Gasteiger partial charge is 0.281 e. The zero-order valence-electron chi connectivity index (χ0n) is 12.5. The summed E-state index contributed by atoms with van der Waals surface area (Å²) in [6.07, 6.45) is 0.444. The second-order valence-electron chi connectivity index (χ2n) is 5.40. The molecular weight excluding hydrogens is 266 g/mol. The molecule has 0 N–H and O–H groups in total. The summed E-state index contributed by atoms with van der Waals surface area (Å²) >= 11 is 0. The summed E-state index contributed by atoms with van der Waals surface area (Å²) in [5.74, 6) is 0.211. The van der Waals surface area contributed by atoms with Crippen molar-refractivity contribution in [2.45, 2.75) is 33.2 Å². The molecule has 0 aromatic heterocycles. The molecule has 1 amide bonds. The molecule has 0 spiro atoms. The van der Waals surface area contributed by atoms with Crippen molar-refractivity contribution in [2.24, 2.45) is 5.92 Å². The molecule has 1 aliphatic heterocycles. The Kier molecular flexibility index (Phi) is 5.34. The van der Waals surface area contributed by atoms with Crippen LogP contribution < -0.4 is 0 Å². The number of carbonyl (C=O) groups excluding carboxylic acids is 1. The van der Waals surface area contributed by atoms with E-state index in [1.807, 2.05) is 20.8 Å². The van der Waals surface area contributed by atoms with Crippen molar-refractivity contribution in [3.63, 3.8) is 0 Å². The van der Waals surface area contributed by atoms with Gasteiger partial charge in [0, 0.05) is 46.2 Å². The van der Waals surface area contributed by atoms with Crippen molar-refractivity contribution in [1.82, 2.24) is 13.5 Å². The molecule has 1 unspecified atom stereocenters.